The molecule has 2 saturated heterocycles. The van der Waals surface area contributed by atoms with Crippen LogP contribution in [0.2, 0.25) is 0 Å². The standard InChI is InChI=1S/C24H28FN3O3/c1-31-21-5-2-4-20(16-21)26-12-14-27(15-13-26)24(30)22-6-3-7-23(29)28(22)17-18-8-10-19(25)11-9-18/h2,4-5,8-11,16,22H,3,6-7,12-15,17H2,1H3. The number of hydrogen-bond donors (Lipinski definition) is 0. The van der Waals surface area contributed by atoms with Gasteiger partial charge >= 0.3 is 0 Å². The number of amides is 2. The van der Waals surface area contributed by atoms with Crippen LogP contribution in [0.3, 0.4) is 0 Å². The summed E-state index contributed by atoms with van der Waals surface area (Å²) >= 11 is 0. The Labute approximate surface area is 182 Å². The molecule has 0 radical (unpaired) electrons. The smallest absolute Gasteiger partial charge is 0.245 e. The maximum atomic E-state index is 13.3. The predicted molar refractivity (Wildman–Crippen MR) is 116 cm³/mol. The molecule has 0 spiro atoms. The summed E-state index contributed by atoms with van der Waals surface area (Å²) in [6.07, 6.45) is 1.84. The van der Waals surface area contributed by atoms with Crippen LogP contribution < -0.4 is 9.64 Å². The average molecular weight is 426 g/mol. The quantitative estimate of drug-likeness (QED) is 0.739. The van der Waals surface area contributed by atoms with E-state index < -0.39 is 6.04 Å². The summed E-state index contributed by atoms with van der Waals surface area (Å²) in [6, 6.07) is 13.6. The van der Waals surface area contributed by atoms with E-state index in [9.17, 15) is 14.0 Å². The first kappa shape index (κ1) is 21.2. The Kier molecular flexibility index (Phi) is 6.39. The minimum Gasteiger partial charge on any atom is -0.497 e. The molecule has 0 aromatic heterocycles. The molecule has 164 valence electrons. The van der Waals surface area contributed by atoms with Crippen LogP contribution in [-0.2, 0) is 16.1 Å². The van der Waals surface area contributed by atoms with Crippen molar-refractivity contribution in [1.29, 1.82) is 0 Å². The molecule has 2 aromatic carbocycles. The van der Waals surface area contributed by atoms with Crippen LogP contribution in [0.5, 0.6) is 5.75 Å². The van der Waals surface area contributed by atoms with Crippen molar-refractivity contribution in [2.75, 3.05) is 38.2 Å². The van der Waals surface area contributed by atoms with Crippen LogP contribution in [0.1, 0.15) is 24.8 Å². The summed E-state index contributed by atoms with van der Waals surface area (Å²) in [5.41, 5.74) is 1.91. The molecule has 2 aliphatic heterocycles. The van der Waals surface area contributed by atoms with E-state index in [1.165, 1.54) is 12.1 Å². The van der Waals surface area contributed by atoms with Crippen molar-refractivity contribution in [1.82, 2.24) is 9.80 Å². The lowest BCUT2D eigenvalue weighted by molar-refractivity contribution is -0.149. The van der Waals surface area contributed by atoms with Crippen LogP contribution in [0.4, 0.5) is 10.1 Å². The monoisotopic (exact) mass is 425 g/mol. The van der Waals surface area contributed by atoms with Crippen LogP contribution in [0, 0.1) is 5.82 Å². The molecular formula is C24H28FN3O3. The molecule has 2 fully saturated rings. The van der Waals surface area contributed by atoms with E-state index in [0.717, 1.165) is 36.5 Å². The summed E-state index contributed by atoms with van der Waals surface area (Å²) in [4.78, 5) is 31.7. The molecule has 0 N–H and O–H groups in total. The Bertz CT molecular complexity index is 926. The largest absolute Gasteiger partial charge is 0.497 e. The Morgan fingerprint density at radius 1 is 1.10 bits per heavy atom. The van der Waals surface area contributed by atoms with E-state index in [-0.39, 0.29) is 17.6 Å². The van der Waals surface area contributed by atoms with Gasteiger partial charge in [0.1, 0.15) is 17.6 Å². The van der Waals surface area contributed by atoms with Crippen LogP contribution in [0.25, 0.3) is 0 Å². The Hall–Kier alpha value is -3.09. The summed E-state index contributed by atoms with van der Waals surface area (Å²) in [5.74, 6) is 0.507. The van der Waals surface area contributed by atoms with Crippen molar-refractivity contribution >= 4 is 17.5 Å². The molecule has 1 atom stereocenters. The Balaban J connectivity index is 1.41. The van der Waals surface area contributed by atoms with E-state index >= 15 is 0 Å². The van der Waals surface area contributed by atoms with E-state index in [1.807, 2.05) is 29.2 Å². The van der Waals surface area contributed by atoms with Gasteiger partial charge < -0.3 is 19.4 Å². The zero-order chi connectivity index (χ0) is 21.8. The molecule has 0 aliphatic carbocycles. The number of likely N-dealkylation sites (tertiary alicyclic amines) is 1. The highest BCUT2D eigenvalue weighted by atomic mass is 19.1. The van der Waals surface area contributed by atoms with E-state index in [4.69, 9.17) is 4.74 Å². The SMILES string of the molecule is COc1cccc(N2CCN(C(=O)C3CCCC(=O)N3Cc3ccc(F)cc3)CC2)c1. The minimum atomic E-state index is -0.449. The van der Waals surface area contributed by atoms with E-state index in [2.05, 4.69) is 4.90 Å². The molecule has 0 bridgehead atoms. The van der Waals surface area contributed by atoms with Gasteiger partial charge in [-0.1, -0.05) is 18.2 Å². The maximum Gasteiger partial charge on any atom is 0.245 e. The number of methoxy groups -OCH3 is 1. The summed E-state index contributed by atoms with van der Waals surface area (Å²) < 4.78 is 18.5. The molecule has 4 rings (SSSR count). The molecule has 2 amide bonds. The lowest BCUT2D eigenvalue weighted by Gasteiger charge is -2.41. The number of rotatable bonds is 5. The highest BCUT2D eigenvalue weighted by Gasteiger charge is 2.36. The summed E-state index contributed by atoms with van der Waals surface area (Å²) in [7, 11) is 1.65. The normalized spacial score (nSPS) is 19.5. The van der Waals surface area contributed by atoms with Crippen molar-refractivity contribution in [2.45, 2.75) is 31.8 Å². The fourth-order valence-electron chi connectivity index (χ4n) is 4.36. The second-order valence-electron chi connectivity index (χ2n) is 8.07. The van der Waals surface area contributed by atoms with Gasteiger partial charge in [0, 0.05) is 50.9 Å². The number of halogens is 1. The van der Waals surface area contributed by atoms with Crippen LogP contribution in [0.15, 0.2) is 48.5 Å². The molecule has 31 heavy (non-hydrogen) atoms. The van der Waals surface area contributed by atoms with Gasteiger partial charge in [0.25, 0.3) is 0 Å². The van der Waals surface area contributed by atoms with Gasteiger partial charge in [-0.05, 0) is 42.7 Å². The number of benzene rings is 2. The van der Waals surface area contributed by atoms with Crippen LogP contribution >= 0.6 is 0 Å². The number of carbonyl (C=O) groups excluding carboxylic acids is 2. The summed E-state index contributed by atoms with van der Waals surface area (Å²) in [5, 5.41) is 0. The minimum absolute atomic E-state index is 0.0102. The van der Waals surface area contributed by atoms with Gasteiger partial charge in [0.15, 0.2) is 0 Å². The highest BCUT2D eigenvalue weighted by molar-refractivity contribution is 5.89. The van der Waals surface area contributed by atoms with Gasteiger partial charge in [0.05, 0.1) is 7.11 Å². The second-order valence-corrected chi connectivity index (χ2v) is 8.07. The number of ether oxygens (including phenoxy) is 1. The Morgan fingerprint density at radius 3 is 2.55 bits per heavy atom. The number of carbonyl (C=O) groups is 2. The van der Waals surface area contributed by atoms with Gasteiger partial charge in [-0.2, -0.15) is 0 Å². The zero-order valence-electron chi connectivity index (χ0n) is 17.8. The fourth-order valence-corrected chi connectivity index (χ4v) is 4.36. The lowest BCUT2D eigenvalue weighted by Crippen LogP contribution is -2.57. The molecule has 6 nitrogen and oxygen atoms in total. The maximum absolute atomic E-state index is 13.3. The van der Waals surface area contributed by atoms with Crippen LogP contribution in [-0.4, -0.2) is 60.9 Å². The third-order valence-electron chi connectivity index (χ3n) is 6.13. The van der Waals surface area contributed by atoms with Gasteiger partial charge in [-0.3, -0.25) is 9.59 Å². The molecule has 1 unspecified atom stereocenters. The molecule has 2 aliphatic rings. The Morgan fingerprint density at radius 2 is 1.84 bits per heavy atom. The first-order valence-electron chi connectivity index (χ1n) is 10.8. The van der Waals surface area contributed by atoms with Crippen molar-refractivity contribution in [2.24, 2.45) is 0 Å². The topological polar surface area (TPSA) is 53.1 Å². The van der Waals surface area contributed by atoms with Crippen molar-refractivity contribution in [3.8, 4) is 5.75 Å². The molecule has 2 aromatic rings. The summed E-state index contributed by atoms with van der Waals surface area (Å²) in [6.45, 7) is 3.03. The van der Waals surface area contributed by atoms with Gasteiger partial charge in [-0.25, -0.2) is 4.39 Å². The number of anilines is 1. The number of nitrogens with zero attached hydrogens (tertiary/aromatic N) is 3. The predicted octanol–water partition coefficient (Wildman–Crippen LogP) is 3.06. The van der Waals surface area contributed by atoms with Crippen molar-refractivity contribution in [3.63, 3.8) is 0 Å². The van der Waals surface area contributed by atoms with E-state index in [0.29, 0.717) is 32.5 Å². The zero-order valence-corrected chi connectivity index (χ0v) is 17.8. The first-order chi connectivity index (χ1) is 15.0. The van der Waals surface area contributed by atoms with Gasteiger partial charge in [-0.15, -0.1) is 0 Å². The third-order valence-corrected chi connectivity index (χ3v) is 6.13. The molecule has 7 heteroatoms. The molecule has 2 heterocycles. The number of piperidine rings is 1. The average Bonchev–Trinajstić information content (AvgIpc) is 2.81. The molecule has 0 saturated carbocycles. The number of hydrogen-bond acceptors (Lipinski definition) is 4. The molecular weight excluding hydrogens is 397 g/mol. The van der Waals surface area contributed by atoms with Crippen molar-refractivity contribution < 1.29 is 18.7 Å². The third kappa shape index (κ3) is 4.81. The first-order valence-corrected chi connectivity index (χ1v) is 10.8. The van der Waals surface area contributed by atoms with E-state index in [1.54, 1.807) is 24.1 Å². The fraction of sp³-hybridized carbons (Fsp3) is 0.417. The lowest BCUT2D eigenvalue weighted by atomic mass is 9.98. The highest BCUT2D eigenvalue weighted by Crippen LogP contribution is 2.25. The second kappa shape index (κ2) is 9.37. The van der Waals surface area contributed by atoms with Crippen molar-refractivity contribution in [3.05, 3.63) is 59.9 Å². The van der Waals surface area contributed by atoms with Gasteiger partial charge in [0.2, 0.25) is 11.8 Å². The number of piperazine rings is 1.